The number of oxazole rings is 1. The van der Waals surface area contributed by atoms with Crippen molar-refractivity contribution in [1.82, 2.24) is 9.88 Å². The van der Waals surface area contributed by atoms with Crippen molar-refractivity contribution < 1.29 is 18.0 Å². The Labute approximate surface area is 162 Å². The lowest BCUT2D eigenvalue weighted by Crippen LogP contribution is -2.26. The van der Waals surface area contributed by atoms with Gasteiger partial charge in [-0.1, -0.05) is 23.8 Å². The SMILES string of the molecule is Cc1ccc(CN(C)C(=O)CCc2ncc(-c3ccc(F)cc3F)o2)c(C)c1. The van der Waals surface area contributed by atoms with Gasteiger partial charge in [-0.05, 0) is 37.1 Å². The first kappa shape index (κ1) is 19.7. The smallest absolute Gasteiger partial charge is 0.223 e. The number of carbonyl (C=O) groups excluding carboxylic acids is 1. The maximum atomic E-state index is 13.8. The monoisotopic (exact) mass is 384 g/mol. The van der Waals surface area contributed by atoms with Crippen molar-refractivity contribution in [2.24, 2.45) is 0 Å². The normalized spacial score (nSPS) is 10.9. The second kappa shape index (κ2) is 8.33. The molecule has 2 aromatic carbocycles. The van der Waals surface area contributed by atoms with Crippen molar-refractivity contribution in [3.8, 4) is 11.3 Å². The zero-order valence-corrected chi connectivity index (χ0v) is 16.1. The topological polar surface area (TPSA) is 46.3 Å². The zero-order chi connectivity index (χ0) is 20.3. The fourth-order valence-corrected chi connectivity index (χ4v) is 3.01. The first-order chi connectivity index (χ1) is 13.3. The lowest BCUT2D eigenvalue weighted by atomic mass is 10.1. The molecule has 0 bridgehead atoms. The molecule has 1 amide bonds. The standard InChI is InChI=1S/C22H22F2N2O2/c1-14-4-5-16(15(2)10-14)13-26(3)22(27)9-8-21-25-12-20(28-21)18-7-6-17(23)11-19(18)24/h4-7,10-12H,8-9,13H2,1-3H3. The van der Waals surface area contributed by atoms with E-state index >= 15 is 0 Å². The predicted molar refractivity (Wildman–Crippen MR) is 103 cm³/mol. The molecule has 1 aromatic heterocycles. The van der Waals surface area contributed by atoms with Gasteiger partial charge in [0.2, 0.25) is 5.91 Å². The summed E-state index contributed by atoms with van der Waals surface area (Å²) in [5, 5.41) is 0. The van der Waals surface area contributed by atoms with E-state index in [0.717, 1.165) is 23.3 Å². The van der Waals surface area contributed by atoms with Crippen LogP contribution in [0.15, 0.2) is 47.0 Å². The molecule has 3 rings (SSSR count). The van der Waals surface area contributed by atoms with Crippen LogP contribution in [0.4, 0.5) is 8.78 Å². The van der Waals surface area contributed by atoms with Gasteiger partial charge < -0.3 is 9.32 Å². The lowest BCUT2D eigenvalue weighted by molar-refractivity contribution is -0.130. The van der Waals surface area contributed by atoms with Gasteiger partial charge in [-0.15, -0.1) is 0 Å². The van der Waals surface area contributed by atoms with E-state index in [1.807, 2.05) is 26.0 Å². The molecule has 0 aliphatic carbocycles. The molecule has 0 fully saturated rings. The van der Waals surface area contributed by atoms with Crippen LogP contribution in [0.25, 0.3) is 11.3 Å². The number of benzene rings is 2. The number of halogens is 2. The number of nitrogens with zero attached hydrogens (tertiary/aromatic N) is 2. The summed E-state index contributed by atoms with van der Waals surface area (Å²) in [6.07, 6.45) is 1.92. The Morgan fingerprint density at radius 1 is 1.14 bits per heavy atom. The number of aromatic nitrogens is 1. The molecule has 0 atom stereocenters. The number of hydrogen-bond acceptors (Lipinski definition) is 3. The molecule has 0 saturated heterocycles. The Morgan fingerprint density at radius 2 is 1.93 bits per heavy atom. The number of hydrogen-bond donors (Lipinski definition) is 0. The van der Waals surface area contributed by atoms with Gasteiger partial charge in [-0.25, -0.2) is 13.8 Å². The van der Waals surface area contributed by atoms with Crippen LogP contribution in [0, 0.1) is 25.5 Å². The minimum atomic E-state index is -0.716. The first-order valence-electron chi connectivity index (χ1n) is 9.03. The van der Waals surface area contributed by atoms with Crippen molar-refractivity contribution in [1.29, 1.82) is 0 Å². The van der Waals surface area contributed by atoms with E-state index in [2.05, 4.69) is 11.1 Å². The second-order valence-corrected chi connectivity index (χ2v) is 6.92. The Bertz CT molecular complexity index is 998. The molecule has 0 radical (unpaired) electrons. The number of aryl methyl sites for hydroxylation is 3. The van der Waals surface area contributed by atoms with Crippen LogP contribution in [0.2, 0.25) is 0 Å². The van der Waals surface area contributed by atoms with E-state index < -0.39 is 11.6 Å². The molecular weight excluding hydrogens is 362 g/mol. The van der Waals surface area contributed by atoms with Gasteiger partial charge in [0.05, 0.1) is 11.8 Å². The Balaban J connectivity index is 1.59. The van der Waals surface area contributed by atoms with Gasteiger partial charge in [0.25, 0.3) is 0 Å². The molecular formula is C22H22F2N2O2. The Kier molecular flexibility index (Phi) is 5.87. The molecule has 0 aliphatic heterocycles. The van der Waals surface area contributed by atoms with E-state index in [0.29, 0.717) is 18.9 Å². The first-order valence-corrected chi connectivity index (χ1v) is 9.03. The average molecular weight is 384 g/mol. The highest BCUT2D eigenvalue weighted by Gasteiger charge is 2.15. The van der Waals surface area contributed by atoms with Gasteiger partial charge in [-0.3, -0.25) is 4.79 Å². The molecule has 0 aliphatic rings. The van der Waals surface area contributed by atoms with Crippen LogP contribution in [-0.4, -0.2) is 22.8 Å². The molecule has 0 unspecified atom stereocenters. The second-order valence-electron chi connectivity index (χ2n) is 6.92. The van der Waals surface area contributed by atoms with E-state index in [4.69, 9.17) is 4.42 Å². The molecule has 4 nitrogen and oxygen atoms in total. The van der Waals surface area contributed by atoms with Crippen molar-refractivity contribution in [3.05, 3.63) is 76.8 Å². The molecule has 28 heavy (non-hydrogen) atoms. The van der Waals surface area contributed by atoms with Crippen LogP contribution in [-0.2, 0) is 17.8 Å². The van der Waals surface area contributed by atoms with Crippen LogP contribution in [0.5, 0.6) is 0 Å². The van der Waals surface area contributed by atoms with Crippen LogP contribution in [0.1, 0.15) is 29.0 Å². The number of carbonyl (C=O) groups is 1. The Morgan fingerprint density at radius 3 is 2.64 bits per heavy atom. The largest absolute Gasteiger partial charge is 0.441 e. The van der Waals surface area contributed by atoms with Gasteiger partial charge in [0, 0.05) is 32.5 Å². The minimum absolute atomic E-state index is 0.0345. The molecule has 146 valence electrons. The summed E-state index contributed by atoms with van der Waals surface area (Å²) in [5.41, 5.74) is 3.58. The van der Waals surface area contributed by atoms with E-state index in [1.54, 1.807) is 11.9 Å². The summed E-state index contributed by atoms with van der Waals surface area (Å²) in [4.78, 5) is 18.2. The molecule has 0 saturated carbocycles. The highest BCUT2D eigenvalue weighted by Crippen LogP contribution is 2.24. The summed E-state index contributed by atoms with van der Waals surface area (Å²) in [6, 6.07) is 9.42. The van der Waals surface area contributed by atoms with Gasteiger partial charge in [0.15, 0.2) is 11.7 Å². The van der Waals surface area contributed by atoms with Crippen LogP contribution in [0.3, 0.4) is 0 Å². The van der Waals surface area contributed by atoms with Gasteiger partial charge >= 0.3 is 0 Å². The number of rotatable bonds is 6. The van der Waals surface area contributed by atoms with E-state index in [9.17, 15) is 13.6 Å². The number of amides is 1. The molecule has 1 heterocycles. The highest BCUT2D eigenvalue weighted by molar-refractivity contribution is 5.76. The third-order valence-electron chi connectivity index (χ3n) is 4.63. The van der Waals surface area contributed by atoms with Crippen molar-refractivity contribution in [2.75, 3.05) is 7.05 Å². The van der Waals surface area contributed by atoms with Gasteiger partial charge in [-0.2, -0.15) is 0 Å². The predicted octanol–water partition coefficient (Wildman–Crippen LogP) is 4.83. The third kappa shape index (κ3) is 4.63. The molecule has 0 spiro atoms. The summed E-state index contributed by atoms with van der Waals surface area (Å²) in [5.74, 6) is -0.853. The van der Waals surface area contributed by atoms with Crippen LogP contribution >= 0.6 is 0 Å². The van der Waals surface area contributed by atoms with Crippen molar-refractivity contribution in [2.45, 2.75) is 33.2 Å². The van der Waals surface area contributed by atoms with Crippen molar-refractivity contribution >= 4 is 5.91 Å². The van der Waals surface area contributed by atoms with Crippen molar-refractivity contribution in [3.63, 3.8) is 0 Å². The summed E-state index contributed by atoms with van der Waals surface area (Å²) in [6.45, 7) is 4.60. The quantitative estimate of drug-likeness (QED) is 0.612. The lowest BCUT2D eigenvalue weighted by Gasteiger charge is -2.18. The molecule has 0 N–H and O–H groups in total. The summed E-state index contributed by atoms with van der Waals surface area (Å²) < 4.78 is 32.4. The third-order valence-corrected chi connectivity index (χ3v) is 4.63. The zero-order valence-electron chi connectivity index (χ0n) is 16.1. The summed E-state index contributed by atoms with van der Waals surface area (Å²) in [7, 11) is 1.76. The Hall–Kier alpha value is -3.02. The van der Waals surface area contributed by atoms with Crippen LogP contribution < -0.4 is 0 Å². The summed E-state index contributed by atoms with van der Waals surface area (Å²) >= 11 is 0. The minimum Gasteiger partial charge on any atom is -0.441 e. The highest BCUT2D eigenvalue weighted by atomic mass is 19.1. The molecule has 3 aromatic rings. The molecule has 6 heteroatoms. The van der Waals surface area contributed by atoms with E-state index in [-0.39, 0.29) is 23.7 Å². The fraction of sp³-hybridized carbons (Fsp3) is 0.273. The maximum absolute atomic E-state index is 13.8. The maximum Gasteiger partial charge on any atom is 0.223 e. The van der Waals surface area contributed by atoms with Gasteiger partial charge in [0.1, 0.15) is 11.6 Å². The fourth-order valence-electron chi connectivity index (χ4n) is 3.01. The average Bonchev–Trinajstić information content (AvgIpc) is 3.10. The van der Waals surface area contributed by atoms with E-state index in [1.165, 1.54) is 17.8 Å².